The van der Waals surface area contributed by atoms with E-state index in [9.17, 15) is 24.6 Å². The van der Waals surface area contributed by atoms with Gasteiger partial charge in [-0.1, -0.05) is 20.3 Å². The number of halogens is 1. The van der Waals surface area contributed by atoms with Crippen LogP contribution in [0.3, 0.4) is 0 Å². The van der Waals surface area contributed by atoms with E-state index in [0.717, 1.165) is 25.0 Å². The number of nitrogens with one attached hydrogen (secondary N) is 1. The van der Waals surface area contributed by atoms with Crippen molar-refractivity contribution >= 4 is 40.7 Å². The van der Waals surface area contributed by atoms with Gasteiger partial charge in [-0.25, -0.2) is 0 Å². The van der Waals surface area contributed by atoms with Crippen molar-refractivity contribution in [2.45, 2.75) is 77.0 Å². The Balaban J connectivity index is 1.64. The second-order valence-electron chi connectivity index (χ2n) is 12.1. The van der Waals surface area contributed by atoms with Gasteiger partial charge in [-0.2, -0.15) is 0 Å². The lowest BCUT2D eigenvalue weighted by Gasteiger charge is -2.41. The molecule has 3 N–H and O–H groups in total. The van der Waals surface area contributed by atoms with Crippen LogP contribution >= 0.6 is 22.6 Å². The van der Waals surface area contributed by atoms with Gasteiger partial charge in [0.15, 0.2) is 11.5 Å². The van der Waals surface area contributed by atoms with Crippen LogP contribution in [0.5, 0.6) is 11.5 Å². The van der Waals surface area contributed by atoms with Crippen LogP contribution in [0, 0.1) is 27.2 Å². The molecule has 226 valence electrons. The maximum atomic E-state index is 13.9. The van der Waals surface area contributed by atoms with Gasteiger partial charge in [0, 0.05) is 37.1 Å². The highest BCUT2D eigenvalue weighted by molar-refractivity contribution is 14.1. The van der Waals surface area contributed by atoms with Crippen molar-refractivity contribution < 1.29 is 34.1 Å². The molecular weight excluding hydrogens is 639 g/mol. The zero-order valence-electron chi connectivity index (χ0n) is 24.2. The number of aldehydes is 1. The monoisotopic (exact) mass is 682 g/mol. The van der Waals surface area contributed by atoms with E-state index in [4.69, 9.17) is 9.47 Å². The molecule has 3 unspecified atom stereocenters. The van der Waals surface area contributed by atoms with Crippen LogP contribution in [0.1, 0.15) is 69.2 Å². The number of methoxy groups -OCH3 is 1. The van der Waals surface area contributed by atoms with Crippen molar-refractivity contribution in [1.82, 2.24) is 10.2 Å². The van der Waals surface area contributed by atoms with Gasteiger partial charge in [-0.15, -0.1) is 0 Å². The maximum Gasteiger partial charge on any atom is 0.247 e. The van der Waals surface area contributed by atoms with Crippen LogP contribution in [0.25, 0.3) is 0 Å². The molecule has 1 aromatic carbocycles. The van der Waals surface area contributed by atoms with Crippen LogP contribution in [-0.4, -0.2) is 78.3 Å². The fourth-order valence-corrected chi connectivity index (χ4v) is 7.43. The molecule has 2 fully saturated rings. The SMILES string of the molecule is COc1cc(C=O)cc(I)c1O[C@H]1C=C(C(=O)NCCO)C[C@@H](N(CCC(C)C)C(=O)CC2CC3CCC2C3)[C@@H]1O. The minimum absolute atomic E-state index is 0.0190. The molecule has 6 atom stereocenters. The summed E-state index contributed by atoms with van der Waals surface area (Å²) < 4.78 is 12.4. The zero-order valence-corrected chi connectivity index (χ0v) is 26.3. The molecule has 10 heteroatoms. The number of benzene rings is 1. The molecule has 0 saturated heterocycles. The molecule has 3 aliphatic carbocycles. The molecule has 3 aliphatic rings. The van der Waals surface area contributed by atoms with Gasteiger partial charge >= 0.3 is 0 Å². The van der Waals surface area contributed by atoms with Gasteiger partial charge in [0.25, 0.3) is 0 Å². The predicted octanol–water partition coefficient (Wildman–Crippen LogP) is 3.73. The number of amides is 2. The molecule has 2 saturated carbocycles. The lowest BCUT2D eigenvalue weighted by Crippen LogP contribution is -2.55. The first-order valence-corrected chi connectivity index (χ1v) is 15.8. The molecule has 0 heterocycles. The molecule has 2 amide bonds. The Morgan fingerprint density at radius 1 is 1.24 bits per heavy atom. The summed E-state index contributed by atoms with van der Waals surface area (Å²) in [6, 6.07) is 2.55. The largest absolute Gasteiger partial charge is 0.493 e. The number of ether oxygens (including phenoxy) is 2. The van der Waals surface area contributed by atoms with Crippen molar-refractivity contribution in [2.75, 3.05) is 26.8 Å². The number of aliphatic hydroxyl groups is 2. The molecule has 4 rings (SSSR count). The van der Waals surface area contributed by atoms with Crippen molar-refractivity contribution in [3.63, 3.8) is 0 Å². The number of fused-ring (bicyclic) bond motifs is 2. The lowest BCUT2D eigenvalue weighted by atomic mass is 9.84. The summed E-state index contributed by atoms with van der Waals surface area (Å²) in [5, 5.41) is 23.7. The van der Waals surface area contributed by atoms with Gasteiger partial charge in [0.05, 0.1) is 23.3 Å². The number of hydrogen-bond donors (Lipinski definition) is 3. The molecule has 2 bridgehead atoms. The molecule has 0 aliphatic heterocycles. The van der Waals surface area contributed by atoms with Gasteiger partial charge in [0.2, 0.25) is 11.8 Å². The third-order valence-corrected chi connectivity index (χ3v) is 9.65. The van der Waals surface area contributed by atoms with E-state index in [1.165, 1.54) is 26.4 Å². The van der Waals surface area contributed by atoms with Crippen LogP contribution in [0.15, 0.2) is 23.8 Å². The summed E-state index contributed by atoms with van der Waals surface area (Å²) in [6.45, 7) is 4.57. The Bertz CT molecular complexity index is 1140. The predicted molar refractivity (Wildman–Crippen MR) is 163 cm³/mol. The Labute approximate surface area is 256 Å². The highest BCUT2D eigenvalue weighted by Crippen LogP contribution is 2.50. The van der Waals surface area contributed by atoms with E-state index in [2.05, 4.69) is 19.2 Å². The van der Waals surface area contributed by atoms with Gasteiger partial charge in [-0.05, 0) is 90.2 Å². The average Bonchev–Trinajstić information content (AvgIpc) is 3.57. The first-order chi connectivity index (χ1) is 19.6. The highest BCUT2D eigenvalue weighted by Gasteiger charge is 2.44. The lowest BCUT2D eigenvalue weighted by molar-refractivity contribution is -0.140. The molecule has 9 nitrogen and oxygen atoms in total. The van der Waals surface area contributed by atoms with Crippen molar-refractivity contribution in [1.29, 1.82) is 0 Å². The molecule has 41 heavy (non-hydrogen) atoms. The van der Waals surface area contributed by atoms with Gasteiger partial charge in [-0.3, -0.25) is 14.4 Å². The van der Waals surface area contributed by atoms with E-state index in [-0.39, 0.29) is 31.4 Å². The number of rotatable bonds is 13. The van der Waals surface area contributed by atoms with Crippen molar-refractivity contribution in [3.8, 4) is 11.5 Å². The summed E-state index contributed by atoms with van der Waals surface area (Å²) in [7, 11) is 1.47. The summed E-state index contributed by atoms with van der Waals surface area (Å²) in [4.78, 5) is 40.2. The van der Waals surface area contributed by atoms with Crippen LogP contribution in [0.4, 0.5) is 0 Å². The summed E-state index contributed by atoms with van der Waals surface area (Å²) in [6.07, 6.45) is 6.43. The van der Waals surface area contributed by atoms with Crippen molar-refractivity contribution in [3.05, 3.63) is 32.9 Å². The second-order valence-corrected chi connectivity index (χ2v) is 13.2. The molecular formula is C31H43IN2O7. The van der Waals surface area contributed by atoms with E-state index in [1.54, 1.807) is 23.1 Å². The number of hydrogen-bond acceptors (Lipinski definition) is 7. The highest BCUT2D eigenvalue weighted by atomic mass is 127. The first kappa shape index (κ1) is 31.7. The zero-order chi connectivity index (χ0) is 29.7. The quantitative estimate of drug-likeness (QED) is 0.214. The average molecular weight is 683 g/mol. The van der Waals surface area contributed by atoms with Crippen LogP contribution in [-0.2, 0) is 9.59 Å². The maximum absolute atomic E-state index is 13.9. The van der Waals surface area contributed by atoms with Gasteiger partial charge < -0.3 is 29.9 Å². The number of carbonyl (C=O) groups is 3. The fraction of sp³-hybridized carbons (Fsp3) is 0.645. The number of carbonyl (C=O) groups excluding carboxylic acids is 3. The minimum atomic E-state index is -1.10. The summed E-state index contributed by atoms with van der Waals surface area (Å²) >= 11 is 2.05. The second kappa shape index (κ2) is 14.3. The number of aliphatic hydroxyl groups excluding tert-OH is 2. The first-order valence-electron chi connectivity index (χ1n) is 14.7. The number of nitrogens with zero attached hydrogens (tertiary/aromatic N) is 1. The Morgan fingerprint density at radius 2 is 2.02 bits per heavy atom. The molecule has 0 spiro atoms. The topological polar surface area (TPSA) is 125 Å². The van der Waals surface area contributed by atoms with E-state index < -0.39 is 18.2 Å². The Morgan fingerprint density at radius 3 is 2.63 bits per heavy atom. The summed E-state index contributed by atoms with van der Waals surface area (Å²) in [5.41, 5.74) is 0.811. The van der Waals surface area contributed by atoms with Crippen LogP contribution in [0.2, 0.25) is 0 Å². The third-order valence-electron chi connectivity index (χ3n) is 8.85. The Hall–Kier alpha value is -2.18. The molecule has 0 aromatic heterocycles. The standard InChI is InChI=1S/C31H43IN2O7/c1-18(2)6-8-34(28(37)16-22-11-19-4-5-21(22)10-19)25-14-23(31(39)33-7-9-35)15-26(29(25)38)41-30-24(32)12-20(17-36)13-27(30)40-3/h12-13,15,17-19,21-22,25-26,29,35,38H,4-11,14,16H2,1-3H3,(H,33,39)/t19?,21?,22?,25-,26+,29+/m1/s1. The smallest absolute Gasteiger partial charge is 0.247 e. The van der Waals surface area contributed by atoms with E-state index in [0.29, 0.717) is 56.9 Å². The van der Waals surface area contributed by atoms with Gasteiger partial charge in [0.1, 0.15) is 18.5 Å². The van der Waals surface area contributed by atoms with Crippen LogP contribution < -0.4 is 14.8 Å². The van der Waals surface area contributed by atoms with E-state index >= 15 is 0 Å². The molecule has 1 aromatic rings. The normalized spacial score (nSPS) is 27.0. The molecule has 0 radical (unpaired) electrons. The van der Waals surface area contributed by atoms with Crippen molar-refractivity contribution in [2.24, 2.45) is 23.7 Å². The van der Waals surface area contributed by atoms with E-state index in [1.807, 2.05) is 22.6 Å². The third kappa shape index (κ3) is 7.62. The summed E-state index contributed by atoms with van der Waals surface area (Å²) in [5.74, 6) is 2.39. The minimum Gasteiger partial charge on any atom is -0.493 e. The fourth-order valence-electron chi connectivity index (χ4n) is 6.68. The Kier molecular flexibility index (Phi) is 11.1.